The molecule has 0 aromatic heterocycles. The average Bonchev–Trinajstić information content (AvgIpc) is 2.84. The van der Waals surface area contributed by atoms with E-state index in [1.54, 1.807) is 0 Å². The van der Waals surface area contributed by atoms with E-state index >= 15 is 0 Å². The Morgan fingerprint density at radius 3 is 0.667 bits per heavy atom. The SMILES string of the molecule is CC(=O)O.CC(=O)O.CC(=O)O.NCCCC[C@H](N)C(=O)O.NCCCC[C@H](N)C(=O)O.NCCCC[C@H](N)C(=O)O. The standard InChI is InChI=1S/3C6H14N2O2.3C2H4O2/c3*7-4-2-1-3-5(8)6(9)10;3*1-2(3)4/h3*5H,1-4,7-8H2,(H,9,10);3*1H3,(H,3,4)/t3*5-;;;/m000.../s1. The summed E-state index contributed by atoms with van der Waals surface area (Å²) in [5.41, 5.74) is 31.3. The molecule has 42 heavy (non-hydrogen) atoms. The molecule has 0 spiro atoms. The second-order valence-electron chi connectivity index (χ2n) is 8.24. The molecule has 18 heteroatoms. The van der Waals surface area contributed by atoms with E-state index in [0.29, 0.717) is 38.9 Å². The summed E-state index contributed by atoms with van der Waals surface area (Å²) in [6.45, 7) is 5.06. The summed E-state index contributed by atoms with van der Waals surface area (Å²) in [4.78, 5) is 57.4. The van der Waals surface area contributed by atoms with Gasteiger partial charge in [-0.3, -0.25) is 28.8 Å². The van der Waals surface area contributed by atoms with E-state index in [2.05, 4.69) is 0 Å². The topological polar surface area (TPSA) is 380 Å². The number of carboxylic acid groups (broad SMARTS) is 6. The van der Waals surface area contributed by atoms with E-state index in [-0.39, 0.29) is 0 Å². The number of unbranched alkanes of at least 4 members (excludes halogenated alkanes) is 3. The maximum atomic E-state index is 10.1. The third-order valence-corrected chi connectivity index (χ3v) is 3.86. The van der Waals surface area contributed by atoms with Crippen LogP contribution in [0.25, 0.3) is 0 Å². The summed E-state index contributed by atoms with van der Waals surface area (Å²) < 4.78 is 0. The molecule has 0 heterocycles. The van der Waals surface area contributed by atoms with Gasteiger partial charge in [-0.05, 0) is 58.2 Å². The van der Waals surface area contributed by atoms with Crippen LogP contribution < -0.4 is 34.4 Å². The zero-order valence-electron chi connectivity index (χ0n) is 24.8. The van der Waals surface area contributed by atoms with Crippen LogP contribution in [0.5, 0.6) is 0 Å². The van der Waals surface area contributed by atoms with Gasteiger partial charge in [-0.15, -0.1) is 0 Å². The van der Waals surface area contributed by atoms with Gasteiger partial charge in [0.05, 0.1) is 0 Å². The fourth-order valence-electron chi connectivity index (χ4n) is 1.90. The van der Waals surface area contributed by atoms with Gasteiger partial charge < -0.3 is 65.0 Å². The molecule has 0 aliphatic carbocycles. The lowest BCUT2D eigenvalue weighted by atomic mass is 10.1. The maximum absolute atomic E-state index is 10.1. The molecule has 0 unspecified atom stereocenters. The van der Waals surface area contributed by atoms with Gasteiger partial charge in [0.15, 0.2) is 0 Å². The summed E-state index contributed by atoms with van der Waals surface area (Å²) in [6.07, 6.45) is 6.49. The maximum Gasteiger partial charge on any atom is 0.320 e. The Morgan fingerprint density at radius 1 is 0.429 bits per heavy atom. The van der Waals surface area contributed by atoms with Crippen LogP contribution in [0.2, 0.25) is 0 Å². The summed E-state index contributed by atoms with van der Waals surface area (Å²) >= 11 is 0. The number of nitrogens with two attached hydrogens (primary N) is 6. The van der Waals surface area contributed by atoms with Crippen molar-refractivity contribution in [1.82, 2.24) is 0 Å². The van der Waals surface area contributed by atoms with Crippen LogP contribution in [0.15, 0.2) is 0 Å². The molecule has 18 N–H and O–H groups in total. The van der Waals surface area contributed by atoms with E-state index in [1.165, 1.54) is 0 Å². The molecule has 0 aromatic carbocycles. The minimum absolute atomic E-state index is 0.520. The van der Waals surface area contributed by atoms with Gasteiger partial charge in [0.25, 0.3) is 17.9 Å². The Kier molecular flexibility index (Phi) is 48.5. The molecule has 0 fully saturated rings. The molecule has 0 bridgehead atoms. The predicted molar refractivity (Wildman–Crippen MR) is 155 cm³/mol. The number of rotatable bonds is 15. The molecule has 0 aliphatic heterocycles. The second kappa shape index (κ2) is 39.7. The highest BCUT2D eigenvalue weighted by Gasteiger charge is 2.10. The average molecular weight is 619 g/mol. The minimum atomic E-state index is -0.933. The highest BCUT2D eigenvalue weighted by Crippen LogP contribution is 1.98. The van der Waals surface area contributed by atoms with Crippen molar-refractivity contribution in [3.8, 4) is 0 Å². The number of aliphatic carboxylic acids is 6. The Hall–Kier alpha value is -3.42. The van der Waals surface area contributed by atoms with E-state index in [1.807, 2.05) is 0 Å². The monoisotopic (exact) mass is 618 g/mol. The van der Waals surface area contributed by atoms with Crippen molar-refractivity contribution >= 4 is 35.8 Å². The van der Waals surface area contributed by atoms with Crippen LogP contribution in [-0.2, 0) is 28.8 Å². The first kappa shape index (κ1) is 51.3. The molecular formula is C24H54N6O12. The van der Waals surface area contributed by atoms with Crippen LogP contribution in [0.3, 0.4) is 0 Å². The third-order valence-electron chi connectivity index (χ3n) is 3.86. The number of carboxylic acids is 6. The van der Waals surface area contributed by atoms with Crippen LogP contribution >= 0.6 is 0 Å². The van der Waals surface area contributed by atoms with Gasteiger partial charge in [-0.2, -0.15) is 0 Å². The first-order valence-corrected chi connectivity index (χ1v) is 12.9. The Morgan fingerprint density at radius 2 is 0.571 bits per heavy atom. The van der Waals surface area contributed by atoms with Crippen molar-refractivity contribution in [2.75, 3.05) is 19.6 Å². The lowest BCUT2D eigenvalue weighted by Gasteiger charge is -2.03. The Balaban J connectivity index is -0.0000000973. The number of carbonyl (C=O) groups is 6. The number of hydrogen-bond donors (Lipinski definition) is 12. The quantitative estimate of drug-likeness (QED) is 0.0963. The van der Waals surface area contributed by atoms with Gasteiger partial charge in [-0.25, -0.2) is 0 Å². The van der Waals surface area contributed by atoms with Crippen molar-refractivity contribution in [3.63, 3.8) is 0 Å². The highest BCUT2D eigenvalue weighted by molar-refractivity contribution is 5.73. The highest BCUT2D eigenvalue weighted by atomic mass is 16.4. The molecule has 0 saturated heterocycles. The van der Waals surface area contributed by atoms with Crippen molar-refractivity contribution in [1.29, 1.82) is 0 Å². The van der Waals surface area contributed by atoms with Crippen molar-refractivity contribution in [2.45, 2.75) is 96.7 Å². The van der Waals surface area contributed by atoms with Gasteiger partial charge >= 0.3 is 17.9 Å². The molecule has 0 aliphatic rings. The van der Waals surface area contributed by atoms with E-state index in [0.717, 1.165) is 59.3 Å². The molecule has 0 rings (SSSR count). The minimum Gasteiger partial charge on any atom is -0.481 e. The van der Waals surface area contributed by atoms with Crippen molar-refractivity contribution in [3.05, 3.63) is 0 Å². The molecule has 252 valence electrons. The van der Waals surface area contributed by atoms with Crippen LogP contribution in [-0.4, -0.2) is 104 Å². The fourth-order valence-corrected chi connectivity index (χ4v) is 1.90. The number of hydrogen-bond acceptors (Lipinski definition) is 12. The fraction of sp³-hybridized carbons (Fsp3) is 0.750. The Bertz CT molecular complexity index is 597. The molecule has 0 aromatic rings. The lowest BCUT2D eigenvalue weighted by Crippen LogP contribution is -2.29. The summed E-state index contributed by atoms with van der Waals surface area (Å²) in [5.74, 6) is -5.30. The van der Waals surface area contributed by atoms with Gasteiger partial charge in [0.1, 0.15) is 18.1 Å². The van der Waals surface area contributed by atoms with Gasteiger partial charge in [0, 0.05) is 20.8 Å². The predicted octanol–water partition coefficient (Wildman–Crippen LogP) is -1.15. The molecule has 0 radical (unpaired) electrons. The zero-order valence-corrected chi connectivity index (χ0v) is 24.8. The molecule has 18 nitrogen and oxygen atoms in total. The summed E-state index contributed by atoms with van der Waals surface area (Å²) in [6, 6.07) is -2.15. The zero-order chi connectivity index (χ0) is 34.7. The van der Waals surface area contributed by atoms with E-state index in [9.17, 15) is 14.4 Å². The summed E-state index contributed by atoms with van der Waals surface area (Å²) in [7, 11) is 0. The third kappa shape index (κ3) is 83.3. The Labute approximate surface area is 246 Å². The second-order valence-corrected chi connectivity index (χ2v) is 8.24. The van der Waals surface area contributed by atoms with Crippen LogP contribution in [0.1, 0.15) is 78.6 Å². The van der Waals surface area contributed by atoms with Crippen molar-refractivity contribution in [2.24, 2.45) is 34.4 Å². The molecule has 0 saturated carbocycles. The smallest absolute Gasteiger partial charge is 0.320 e. The normalized spacial score (nSPS) is 11.1. The molecule has 0 amide bonds. The van der Waals surface area contributed by atoms with Gasteiger partial charge in [-0.1, -0.05) is 19.3 Å². The first-order chi connectivity index (χ1) is 19.2. The largest absolute Gasteiger partial charge is 0.481 e. The van der Waals surface area contributed by atoms with E-state index in [4.69, 9.17) is 79.4 Å². The summed E-state index contributed by atoms with van der Waals surface area (Å²) in [5, 5.41) is 47.2. The van der Waals surface area contributed by atoms with Gasteiger partial charge in [0.2, 0.25) is 0 Å². The molecule has 3 atom stereocenters. The van der Waals surface area contributed by atoms with Crippen LogP contribution in [0, 0.1) is 0 Å². The lowest BCUT2D eigenvalue weighted by molar-refractivity contribution is -0.139. The molecular weight excluding hydrogens is 564 g/mol. The van der Waals surface area contributed by atoms with Crippen molar-refractivity contribution < 1.29 is 59.4 Å². The first-order valence-electron chi connectivity index (χ1n) is 12.9. The van der Waals surface area contributed by atoms with Crippen LogP contribution in [0.4, 0.5) is 0 Å². The van der Waals surface area contributed by atoms with E-state index < -0.39 is 53.9 Å².